The summed E-state index contributed by atoms with van der Waals surface area (Å²) in [6, 6.07) is 8.84. The molecular weight excluding hydrogens is 242 g/mol. The van der Waals surface area contributed by atoms with Gasteiger partial charge in [0.05, 0.1) is 0 Å². The lowest BCUT2D eigenvalue weighted by molar-refractivity contribution is 0.556. The maximum atomic E-state index is 3.16. The Morgan fingerprint density at radius 3 is 1.70 bits per heavy atom. The fourth-order valence-electron chi connectivity index (χ4n) is 2.65. The first kappa shape index (κ1) is 17.1. The van der Waals surface area contributed by atoms with Crippen LogP contribution in [-0.2, 0) is 6.42 Å². The van der Waals surface area contributed by atoms with Crippen LogP contribution in [0.4, 0.5) is 5.69 Å². The van der Waals surface area contributed by atoms with Crippen LogP contribution in [-0.4, -0.2) is 7.05 Å². The third kappa shape index (κ3) is 8.24. The number of nitrogens with one attached hydrogen (secondary N) is 1. The number of aryl methyl sites for hydroxylation is 1. The van der Waals surface area contributed by atoms with Crippen molar-refractivity contribution in [1.82, 2.24) is 0 Å². The van der Waals surface area contributed by atoms with E-state index >= 15 is 0 Å². The van der Waals surface area contributed by atoms with Crippen molar-refractivity contribution in [1.29, 1.82) is 0 Å². The Labute approximate surface area is 126 Å². The molecule has 1 N–H and O–H groups in total. The lowest BCUT2D eigenvalue weighted by atomic mass is 10.0. The third-order valence-corrected chi connectivity index (χ3v) is 4.06. The van der Waals surface area contributed by atoms with E-state index in [0.29, 0.717) is 0 Å². The molecule has 1 aromatic carbocycles. The minimum absolute atomic E-state index is 1.21. The number of rotatable bonds is 12. The molecule has 0 aliphatic rings. The summed E-state index contributed by atoms with van der Waals surface area (Å²) >= 11 is 0. The largest absolute Gasteiger partial charge is 0.388 e. The first-order valence-electron chi connectivity index (χ1n) is 8.63. The Morgan fingerprint density at radius 2 is 1.20 bits per heavy atom. The number of benzene rings is 1. The standard InChI is InChI=1S/C19H33N/c1-3-4-5-6-7-8-9-10-11-12-13-18-14-16-19(20-2)17-15-18/h14-17,20H,3-13H2,1-2H3. The van der Waals surface area contributed by atoms with Gasteiger partial charge in [-0.1, -0.05) is 76.8 Å². The van der Waals surface area contributed by atoms with Gasteiger partial charge >= 0.3 is 0 Å². The molecule has 0 fully saturated rings. The van der Waals surface area contributed by atoms with Crippen molar-refractivity contribution < 1.29 is 0 Å². The van der Waals surface area contributed by atoms with Gasteiger partial charge in [0.15, 0.2) is 0 Å². The second-order valence-electron chi connectivity index (χ2n) is 5.88. The van der Waals surface area contributed by atoms with Crippen LogP contribution in [0.1, 0.15) is 76.7 Å². The fraction of sp³-hybridized carbons (Fsp3) is 0.684. The molecule has 0 radical (unpaired) electrons. The van der Waals surface area contributed by atoms with Crippen molar-refractivity contribution in [2.24, 2.45) is 0 Å². The van der Waals surface area contributed by atoms with E-state index in [1.807, 2.05) is 7.05 Å². The maximum Gasteiger partial charge on any atom is 0.0337 e. The Hall–Kier alpha value is -0.980. The zero-order valence-corrected chi connectivity index (χ0v) is 13.6. The van der Waals surface area contributed by atoms with Crippen LogP contribution in [0.25, 0.3) is 0 Å². The van der Waals surface area contributed by atoms with Gasteiger partial charge < -0.3 is 5.32 Å². The van der Waals surface area contributed by atoms with E-state index in [1.54, 1.807) is 0 Å². The first-order valence-corrected chi connectivity index (χ1v) is 8.63. The Bertz CT molecular complexity index is 315. The molecule has 1 aromatic rings. The van der Waals surface area contributed by atoms with E-state index in [9.17, 15) is 0 Å². The molecule has 0 aliphatic heterocycles. The molecule has 1 heteroatoms. The van der Waals surface area contributed by atoms with Crippen LogP contribution in [0, 0.1) is 0 Å². The highest BCUT2D eigenvalue weighted by molar-refractivity contribution is 5.43. The van der Waals surface area contributed by atoms with Crippen molar-refractivity contribution in [2.75, 3.05) is 12.4 Å². The quantitative estimate of drug-likeness (QED) is 0.448. The molecule has 1 rings (SSSR count). The van der Waals surface area contributed by atoms with Crippen LogP contribution in [0.15, 0.2) is 24.3 Å². The molecule has 0 saturated carbocycles. The zero-order valence-electron chi connectivity index (χ0n) is 13.6. The van der Waals surface area contributed by atoms with Crippen LogP contribution < -0.4 is 5.32 Å². The van der Waals surface area contributed by atoms with Crippen molar-refractivity contribution >= 4 is 5.69 Å². The van der Waals surface area contributed by atoms with E-state index in [2.05, 4.69) is 36.5 Å². The van der Waals surface area contributed by atoms with E-state index in [0.717, 1.165) is 0 Å². The summed E-state index contributed by atoms with van der Waals surface area (Å²) in [7, 11) is 1.97. The zero-order chi connectivity index (χ0) is 14.5. The average Bonchev–Trinajstić information content (AvgIpc) is 2.50. The monoisotopic (exact) mass is 275 g/mol. The van der Waals surface area contributed by atoms with Gasteiger partial charge in [-0.05, 0) is 30.5 Å². The molecule has 0 aromatic heterocycles. The topological polar surface area (TPSA) is 12.0 Å². The highest BCUT2D eigenvalue weighted by Crippen LogP contribution is 2.14. The van der Waals surface area contributed by atoms with Crippen molar-refractivity contribution in [3.05, 3.63) is 29.8 Å². The summed E-state index contributed by atoms with van der Waals surface area (Å²) in [5.41, 5.74) is 2.68. The van der Waals surface area contributed by atoms with Gasteiger partial charge in [0.25, 0.3) is 0 Å². The van der Waals surface area contributed by atoms with E-state index < -0.39 is 0 Å². The summed E-state index contributed by atoms with van der Waals surface area (Å²) in [6.45, 7) is 2.28. The SMILES string of the molecule is CCCCCCCCCCCCc1ccc(NC)cc1. The van der Waals surface area contributed by atoms with E-state index in [1.165, 1.54) is 81.9 Å². The molecule has 20 heavy (non-hydrogen) atoms. The predicted molar refractivity (Wildman–Crippen MR) is 91.5 cm³/mol. The van der Waals surface area contributed by atoms with Gasteiger partial charge in [-0.25, -0.2) is 0 Å². The summed E-state index contributed by atoms with van der Waals surface area (Å²) < 4.78 is 0. The van der Waals surface area contributed by atoms with Crippen LogP contribution in [0.2, 0.25) is 0 Å². The van der Waals surface area contributed by atoms with Crippen molar-refractivity contribution in [3.8, 4) is 0 Å². The van der Waals surface area contributed by atoms with Gasteiger partial charge in [0.2, 0.25) is 0 Å². The molecule has 0 unspecified atom stereocenters. The molecule has 0 bridgehead atoms. The molecule has 0 aliphatic carbocycles. The first-order chi connectivity index (χ1) is 9.86. The highest BCUT2D eigenvalue weighted by Gasteiger charge is 1.95. The number of unbranched alkanes of at least 4 members (excludes halogenated alkanes) is 9. The Kier molecular flexibility index (Phi) is 10.1. The third-order valence-electron chi connectivity index (χ3n) is 4.06. The van der Waals surface area contributed by atoms with Gasteiger partial charge in [0, 0.05) is 12.7 Å². The summed E-state index contributed by atoms with van der Waals surface area (Å²) in [5, 5.41) is 3.16. The number of hydrogen-bond acceptors (Lipinski definition) is 1. The molecule has 114 valence electrons. The van der Waals surface area contributed by atoms with Crippen LogP contribution >= 0.6 is 0 Å². The highest BCUT2D eigenvalue weighted by atomic mass is 14.8. The molecule has 1 nitrogen and oxygen atoms in total. The summed E-state index contributed by atoms with van der Waals surface area (Å²) in [6.07, 6.45) is 15.4. The van der Waals surface area contributed by atoms with Crippen LogP contribution in [0.5, 0.6) is 0 Å². The minimum Gasteiger partial charge on any atom is -0.388 e. The minimum atomic E-state index is 1.21. The number of hydrogen-bond donors (Lipinski definition) is 1. The Balaban J connectivity index is 1.91. The number of anilines is 1. The second kappa shape index (κ2) is 11.8. The molecule has 0 atom stereocenters. The van der Waals surface area contributed by atoms with Gasteiger partial charge in [0.1, 0.15) is 0 Å². The summed E-state index contributed by atoms with van der Waals surface area (Å²) in [4.78, 5) is 0. The van der Waals surface area contributed by atoms with Gasteiger partial charge in [-0.15, -0.1) is 0 Å². The molecule has 0 heterocycles. The maximum absolute atomic E-state index is 3.16. The van der Waals surface area contributed by atoms with Crippen LogP contribution in [0.3, 0.4) is 0 Å². The van der Waals surface area contributed by atoms with Gasteiger partial charge in [-0.3, -0.25) is 0 Å². The average molecular weight is 275 g/mol. The van der Waals surface area contributed by atoms with Crippen molar-refractivity contribution in [3.63, 3.8) is 0 Å². The Morgan fingerprint density at radius 1 is 0.700 bits per heavy atom. The normalized spacial score (nSPS) is 10.7. The lowest BCUT2D eigenvalue weighted by Gasteiger charge is -2.04. The summed E-state index contributed by atoms with van der Waals surface area (Å²) in [5.74, 6) is 0. The lowest BCUT2D eigenvalue weighted by Crippen LogP contribution is -1.90. The van der Waals surface area contributed by atoms with Gasteiger partial charge in [-0.2, -0.15) is 0 Å². The molecule has 0 amide bonds. The van der Waals surface area contributed by atoms with Crippen molar-refractivity contribution in [2.45, 2.75) is 77.6 Å². The molecule has 0 saturated heterocycles. The van der Waals surface area contributed by atoms with E-state index in [4.69, 9.17) is 0 Å². The van der Waals surface area contributed by atoms with E-state index in [-0.39, 0.29) is 0 Å². The fourth-order valence-corrected chi connectivity index (χ4v) is 2.65. The molecule has 0 spiro atoms. The second-order valence-corrected chi connectivity index (χ2v) is 5.88. The molecular formula is C19H33N. The predicted octanol–water partition coefficient (Wildman–Crippen LogP) is 6.19. The smallest absolute Gasteiger partial charge is 0.0337 e.